The summed E-state index contributed by atoms with van der Waals surface area (Å²) in [6, 6.07) is 16.7. The van der Waals surface area contributed by atoms with Crippen molar-refractivity contribution in [2.75, 3.05) is 20.8 Å². The van der Waals surface area contributed by atoms with Crippen LogP contribution in [0.3, 0.4) is 0 Å². The van der Waals surface area contributed by atoms with Crippen LogP contribution in [0.4, 0.5) is 0 Å². The second-order valence-electron chi connectivity index (χ2n) is 5.27. The number of benzene rings is 2. The van der Waals surface area contributed by atoms with Crippen LogP contribution >= 0.6 is 0 Å². The first kappa shape index (κ1) is 14.1. The van der Waals surface area contributed by atoms with E-state index in [0.29, 0.717) is 0 Å². The van der Waals surface area contributed by atoms with Gasteiger partial charge in [-0.1, -0.05) is 48.5 Å². The van der Waals surface area contributed by atoms with Gasteiger partial charge >= 0.3 is 0 Å². The zero-order valence-electron chi connectivity index (χ0n) is 12.5. The Hall–Kier alpha value is -1.84. The molecule has 3 nitrogen and oxygen atoms in total. The zero-order chi connectivity index (χ0) is 14.7. The third-order valence-corrected chi connectivity index (χ3v) is 4.08. The summed E-state index contributed by atoms with van der Waals surface area (Å²) < 4.78 is 11.6. The fraction of sp³-hybridized carbons (Fsp3) is 0.333. The number of fused-ring (bicyclic) bond motifs is 1. The van der Waals surface area contributed by atoms with E-state index in [-0.39, 0.29) is 12.1 Å². The summed E-state index contributed by atoms with van der Waals surface area (Å²) >= 11 is 0. The molecule has 1 heterocycles. The highest BCUT2D eigenvalue weighted by Gasteiger charge is 2.28. The minimum atomic E-state index is -0.0492. The first-order valence-corrected chi connectivity index (χ1v) is 7.34. The molecule has 3 heteroatoms. The van der Waals surface area contributed by atoms with Crippen LogP contribution in [0.15, 0.2) is 48.5 Å². The predicted molar refractivity (Wildman–Crippen MR) is 83.6 cm³/mol. The largest absolute Gasteiger partial charge is 0.493 e. The van der Waals surface area contributed by atoms with E-state index >= 15 is 0 Å². The van der Waals surface area contributed by atoms with Gasteiger partial charge in [-0.2, -0.15) is 0 Å². The molecule has 0 spiro atoms. The van der Waals surface area contributed by atoms with E-state index in [2.05, 4.69) is 35.6 Å². The molecule has 110 valence electrons. The summed E-state index contributed by atoms with van der Waals surface area (Å²) in [4.78, 5) is 0. The number of hydrogen-bond acceptors (Lipinski definition) is 3. The number of rotatable bonds is 5. The fourth-order valence-corrected chi connectivity index (χ4v) is 3.06. The minimum Gasteiger partial charge on any atom is -0.493 e. The van der Waals surface area contributed by atoms with Crippen molar-refractivity contribution in [1.82, 2.24) is 5.32 Å². The van der Waals surface area contributed by atoms with E-state index in [1.54, 1.807) is 7.11 Å². The molecule has 2 aromatic rings. The highest BCUT2D eigenvalue weighted by atomic mass is 16.5. The number of para-hydroxylation sites is 1. The van der Waals surface area contributed by atoms with Gasteiger partial charge in [0.1, 0.15) is 11.9 Å². The normalized spacial score (nSPS) is 16.1. The fourth-order valence-electron chi connectivity index (χ4n) is 3.06. The van der Waals surface area contributed by atoms with E-state index in [1.807, 2.05) is 25.2 Å². The van der Waals surface area contributed by atoms with Gasteiger partial charge in [0, 0.05) is 19.1 Å². The van der Waals surface area contributed by atoms with Crippen LogP contribution in [-0.2, 0) is 11.2 Å². The lowest BCUT2D eigenvalue weighted by Gasteiger charge is -2.27. The molecule has 0 aliphatic carbocycles. The molecule has 21 heavy (non-hydrogen) atoms. The van der Waals surface area contributed by atoms with Gasteiger partial charge in [0.2, 0.25) is 0 Å². The van der Waals surface area contributed by atoms with E-state index in [9.17, 15) is 0 Å². The molecule has 0 amide bonds. The second kappa shape index (κ2) is 6.29. The van der Waals surface area contributed by atoms with Gasteiger partial charge in [0.05, 0.1) is 12.6 Å². The molecule has 1 aliphatic heterocycles. The van der Waals surface area contributed by atoms with Crippen LogP contribution in [0.2, 0.25) is 0 Å². The van der Waals surface area contributed by atoms with Crippen molar-refractivity contribution in [2.45, 2.75) is 18.6 Å². The molecule has 1 N–H and O–H groups in total. The summed E-state index contributed by atoms with van der Waals surface area (Å²) in [7, 11) is 3.72. The van der Waals surface area contributed by atoms with Gasteiger partial charge in [-0.25, -0.2) is 0 Å². The van der Waals surface area contributed by atoms with Gasteiger partial charge in [0.25, 0.3) is 0 Å². The third kappa shape index (κ3) is 2.67. The van der Waals surface area contributed by atoms with Gasteiger partial charge < -0.3 is 14.8 Å². The summed E-state index contributed by atoms with van der Waals surface area (Å²) in [6.07, 6.45) is 0.940. The summed E-state index contributed by atoms with van der Waals surface area (Å²) in [5.41, 5.74) is 3.62. The topological polar surface area (TPSA) is 30.5 Å². The van der Waals surface area contributed by atoms with Crippen molar-refractivity contribution in [2.24, 2.45) is 0 Å². The average Bonchev–Trinajstić information content (AvgIpc) is 3.02. The SMILES string of the molecule is CNC(c1cccc2c1OCC2)C(OC)c1ccccc1. The molecular weight excluding hydrogens is 262 g/mol. The molecule has 0 bridgehead atoms. The molecule has 2 atom stereocenters. The monoisotopic (exact) mass is 283 g/mol. The second-order valence-corrected chi connectivity index (χ2v) is 5.27. The van der Waals surface area contributed by atoms with Crippen LogP contribution < -0.4 is 10.1 Å². The molecule has 0 saturated carbocycles. The molecule has 1 aliphatic rings. The molecule has 3 rings (SSSR count). The van der Waals surface area contributed by atoms with E-state index in [0.717, 1.165) is 24.3 Å². The highest BCUT2D eigenvalue weighted by Crippen LogP contribution is 2.39. The van der Waals surface area contributed by atoms with Crippen molar-refractivity contribution in [1.29, 1.82) is 0 Å². The molecule has 0 saturated heterocycles. The Bertz CT molecular complexity index is 597. The van der Waals surface area contributed by atoms with Crippen LogP contribution in [0, 0.1) is 0 Å². The summed E-state index contributed by atoms with van der Waals surface area (Å²) in [5.74, 6) is 1.02. The Balaban J connectivity index is 2.00. The quantitative estimate of drug-likeness (QED) is 0.913. The highest BCUT2D eigenvalue weighted by molar-refractivity contribution is 5.46. The lowest BCUT2D eigenvalue weighted by molar-refractivity contribution is 0.0693. The molecular formula is C18H21NO2. The Kier molecular flexibility index (Phi) is 4.23. The summed E-state index contributed by atoms with van der Waals surface area (Å²) in [5, 5.41) is 3.39. The first-order chi connectivity index (χ1) is 10.3. The van der Waals surface area contributed by atoms with Crippen molar-refractivity contribution in [3.05, 3.63) is 65.2 Å². The third-order valence-electron chi connectivity index (χ3n) is 4.08. The van der Waals surface area contributed by atoms with Crippen molar-refractivity contribution in [3.8, 4) is 5.75 Å². The average molecular weight is 283 g/mol. The number of methoxy groups -OCH3 is 1. The first-order valence-electron chi connectivity index (χ1n) is 7.34. The molecule has 2 aromatic carbocycles. The Morgan fingerprint density at radius 2 is 1.90 bits per heavy atom. The smallest absolute Gasteiger partial charge is 0.127 e. The lowest BCUT2D eigenvalue weighted by atomic mass is 9.93. The van der Waals surface area contributed by atoms with Crippen LogP contribution in [0.5, 0.6) is 5.75 Å². The maximum Gasteiger partial charge on any atom is 0.127 e. The van der Waals surface area contributed by atoms with Gasteiger partial charge in [0.15, 0.2) is 0 Å². The van der Waals surface area contributed by atoms with Crippen molar-refractivity contribution < 1.29 is 9.47 Å². The Labute approximate surface area is 125 Å². The predicted octanol–water partition coefficient (Wildman–Crippen LogP) is 3.27. The van der Waals surface area contributed by atoms with Crippen LogP contribution in [0.1, 0.15) is 28.8 Å². The molecule has 2 unspecified atom stereocenters. The number of nitrogens with one attached hydrogen (secondary N) is 1. The molecule has 0 radical (unpaired) electrons. The number of likely N-dealkylation sites (N-methyl/N-ethyl adjacent to an activating group) is 1. The van der Waals surface area contributed by atoms with E-state index in [1.165, 1.54) is 11.1 Å². The van der Waals surface area contributed by atoms with Crippen molar-refractivity contribution in [3.63, 3.8) is 0 Å². The zero-order valence-corrected chi connectivity index (χ0v) is 12.5. The van der Waals surface area contributed by atoms with E-state index in [4.69, 9.17) is 9.47 Å². The summed E-state index contributed by atoms with van der Waals surface area (Å²) in [6.45, 7) is 0.770. The number of hydrogen-bond donors (Lipinski definition) is 1. The van der Waals surface area contributed by atoms with Gasteiger partial charge in [-0.15, -0.1) is 0 Å². The maximum atomic E-state index is 5.85. The standard InChI is InChI=1S/C18H21NO2/c1-19-16(18(20-2)13-7-4-3-5-8-13)15-10-6-9-14-11-12-21-17(14)15/h3-10,16,18-19H,11-12H2,1-2H3. The molecule has 0 aromatic heterocycles. The van der Waals surface area contributed by atoms with E-state index < -0.39 is 0 Å². The van der Waals surface area contributed by atoms with Crippen LogP contribution in [-0.4, -0.2) is 20.8 Å². The van der Waals surface area contributed by atoms with Crippen molar-refractivity contribution >= 4 is 0 Å². The Morgan fingerprint density at radius 1 is 1.10 bits per heavy atom. The number of ether oxygens (including phenoxy) is 2. The minimum absolute atomic E-state index is 0.0492. The maximum absolute atomic E-state index is 5.85. The molecule has 0 fully saturated rings. The van der Waals surface area contributed by atoms with Gasteiger partial charge in [-0.3, -0.25) is 0 Å². The Morgan fingerprint density at radius 3 is 2.62 bits per heavy atom. The van der Waals surface area contributed by atoms with Gasteiger partial charge in [-0.05, 0) is 18.2 Å². The van der Waals surface area contributed by atoms with Crippen LogP contribution in [0.25, 0.3) is 0 Å². The lowest BCUT2D eigenvalue weighted by Crippen LogP contribution is -2.25.